The molecule has 1 aliphatic heterocycles. The zero-order valence-corrected chi connectivity index (χ0v) is 24.6. The first kappa shape index (κ1) is 29.5. The van der Waals surface area contributed by atoms with Crippen LogP contribution < -0.4 is 9.64 Å². The summed E-state index contributed by atoms with van der Waals surface area (Å²) in [5, 5.41) is 11.6. The molecule has 0 spiro atoms. The van der Waals surface area contributed by atoms with Crippen molar-refractivity contribution in [3.63, 3.8) is 0 Å². The van der Waals surface area contributed by atoms with Crippen molar-refractivity contribution in [2.45, 2.75) is 32.9 Å². The topological polar surface area (TPSA) is 106 Å². The molecule has 4 aromatic rings. The molecule has 3 aromatic carbocycles. The SMILES string of the molecule is C=CCOC(=O)c1sc(N2C(=O)C(=O)/C(=C(/O)c3ccc(OCc4ccccc4)cc3)C2c2ccc(CC)cc2)nc1C. The van der Waals surface area contributed by atoms with Crippen LogP contribution in [0.3, 0.4) is 0 Å². The second kappa shape index (κ2) is 12.9. The van der Waals surface area contributed by atoms with E-state index in [-0.39, 0.29) is 27.9 Å². The summed E-state index contributed by atoms with van der Waals surface area (Å²) >= 11 is 0.954. The smallest absolute Gasteiger partial charge is 0.350 e. The number of nitrogens with zero attached hydrogens (tertiary/aromatic N) is 2. The monoisotopic (exact) mass is 594 g/mol. The van der Waals surface area contributed by atoms with Gasteiger partial charge in [0, 0.05) is 5.56 Å². The Morgan fingerprint density at radius 2 is 1.72 bits per heavy atom. The van der Waals surface area contributed by atoms with Gasteiger partial charge in [0.05, 0.1) is 17.3 Å². The van der Waals surface area contributed by atoms with Crippen molar-refractivity contribution in [2.75, 3.05) is 11.5 Å². The minimum atomic E-state index is -0.970. The second-order valence-corrected chi connectivity index (χ2v) is 10.8. The molecule has 0 radical (unpaired) electrons. The maximum Gasteiger partial charge on any atom is 0.350 e. The number of anilines is 1. The molecule has 8 nitrogen and oxygen atoms in total. The molecule has 1 amide bonds. The predicted octanol–water partition coefficient (Wildman–Crippen LogP) is 6.56. The van der Waals surface area contributed by atoms with Crippen molar-refractivity contribution in [1.82, 2.24) is 4.98 Å². The molecule has 43 heavy (non-hydrogen) atoms. The van der Waals surface area contributed by atoms with Gasteiger partial charge in [0.15, 0.2) is 5.13 Å². The van der Waals surface area contributed by atoms with Crippen LogP contribution in [0.25, 0.3) is 5.76 Å². The number of ketones is 1. The molecule has 1 aliphatic rings. The summed E-state index contributed by atoms with van der Waals surface area (Å²) in [4.78, 5) is 45.6. The Morgan fingerprint density at radius 3 is 2.37 bits per heavy atom. The Kier molecular flexibility index (Phi) is 8.82. The third kappa shape index (κ3) is 6.12. The molecule has 1 fully saturated rings. The van der Waals surface area contributed by atoms with Gasteiger partial charge in [0.1, 0.15) is 29.6 Å². The fraction of sp³-hybridized carbons (Fsp3) is 0.176. The Bertz CT molecular complexity index is 1690. The van der Waals surface area contributed by atoms with E-state index in [1.165, 1.54) is 11.0 Å². The van der Waals surface area contributed by atoms with Crippen LogP contribution in [-0.2, 0) is 27.4 Å². The van der Waals surface area contributed by atoms with Crippen LogP contribution in [0.5, 0.6) is 5.75 Å². The van der Waals surface area contributed by atoms with E-state index >= 15 is 0 Å². The lowest BCUT2D eigenvalue weighted by Gasteiger charge is -2.23. The van der Waals surface area contributed by atoms with Gasteiger partial charge in [-0.1, -0.05) is 85.5 Å². The average molecular weight is 595 g/mol. The Morgan fingerprint density at radius 1 is 1.02 bits per heavy atom. The van der Waals surface area contributed by atoms with Crippen molar-refractivity contribution in [3.05, 3.63) is 130 Å². The third-order valence-electron chi connectivity index (χ3n) is 7.03. The highest BCUT2D eigenvalue weighted by molar-refractivity contribution is 7.17. The van der Waals surface area contributed by atoms with E-state index in [9.17, 15) is 19.5 Å². The van der Waals surface area contributed by atoms with E-state index in [0.29, 0.717) is 29.2 Å². The first-order valence-electron chi connectivity index (χ1n) is 13.7. The van der Waals surface area contributed by atoms with Crippen molar-refractivity contribution >= 4 is 39.9 Å². The average Bonchev–Trinajstić information content (AvgIpc) is 3.55. The number of esters is 1. The number of thiazole rings is 1. The first-order valence-corrected chi connectivity index (χ1v) is 14.6. The zero-order valence-electron chi connectivity index (χ0n) is 23.8. The number of carbonyl (C=O) groups is 3. The number of ether oxygens (including phenoxy) is 2. The molecule has 1 unspecified atom stereocenters. The molecule has 0 aliphatic carbocycles. The van der Waals surface area contributed by atoms with Crippen molar-refractivity contribution in [3.8, 4) is 5.75 Å². The number of benzene rings is 3. The standard InChI is InChI=1S/C34H30N2O6S/c1-4-19-41-33(40)31-21(3)35-34(43-31)36-28(24-13-11-22(5-2)12-14-24)27(30(38)32(36)39)29(37)25-15-17-26(18-16-25)42-20-23-9-7-6-8-10-23/h4,6-18,28,37H,1,5,19-20H2,2-3H3/b29-27+. The maximum atomic E-state index is 13.5. The van der Waals surface area contributed by atoms with E-state index in [1.807, 2.05) is 61.5 Å². The first-order chi connectivity index (χ1) is 20.8. The van der Waals surface area contributed by atoms with Crippen LogP contribution in [0, 0.1) is 6.92 Å². The molecular formula is C34H30N2O6S. The Labute approximate surface area is 253 Å². The molecular weight excluding hydrogens is 564 g/mol. The van der Waals surface area contributed by atoms with Crippen LogP contribution in [0.4, 0.5) is 5.13 Å². The Hall–Kier alpha value is -5.02. The number of aromatic nitrogens is 1. The van der Waals surface area contributed by atoms with Gasteiger partial charge >= 0.3 is 11.9 Å². The van der Waals surface area contributed by atoms with Gasteiger partial charge in [-0.05, 0) is 54.3 Å². The highest BCUT2D eigenvalue weighted by atomic mass is 32.1. The lowest BCUT2D eigenvalue weighted by atomic mass is 9.94. The second-order valence-electron chi connectivity index (χ2n) is 9.86. The fourth-order valence-electron chi connectivity index (χ4n) is 4.76. The molecule has 1 N–H and O–H groups in total. The number of Topliss-reactive ketones (excluding diaryl/α,β-unsaturated/α-hetero) is 1. The van der Waals surface area contributed by atoms with E-state index in [0.717, 1.165) is 28.9 Å². The molecule has 9 heteroatoms. The molecule has 5 rings (SSSR count). The van der Waals surface area contributed by atoms with Gasteiger partial charge < -0.3 is 14.6 Å². The number of amides is 1. The quantitative estimate of drug-likeness (QED) is 0.0729. The van der Waals surface area contributed by atoms with Crippen LogP contribution in [-0.4, -0.2) is 34.4 Å². The van der Waals surface area contributed by atoms with E-state index in [4.69, 9.17) is 9.47 Å². The van der Waals surface area contributed by atoms with Gasteiger partial charge in [-0.2, -0.15) is 0 Å². The molecule has 0 saturated carbocycles. The lowest BCUT2D eigenvalue weighted by Crippen LogP contribution is -2.29. The third-order valence-corrected chi connectivity index (χ3v) is 8.17. The summed E-state index contributed by atoms with van der Waals surface area (Å²) in [5.74, 6) is -2.04. The highest BCUT2D eigenvalue weighted by Crippen LogP contribution is 2.44. The fourth-order valence-corrected chi connectivity index (χ4v) is 5.75. The predicted molar refractivity (Wildman–Crippen MR) is 165 cm³/mol. The lowest BCUT2D eigenvalue weighted by molar-refractivity contribution is -0.132. The number of hydrogen-bond acceptors (Lipinski definition) is 8. The van der Waals surface area contributed by atoms with Crippen molar-refractivity contribution in [2.24, 2.45) is 0 Å². The number of hydrogen-bond donors (Lipinski definition) is 1. The van der Waals surface area contributed by atoms with Gasteiger partial charge in [0.2, 0.25) is 0 Å². The van der Waals surface area contributed by atoms with Crippen LogP contribution in [0.2, 0.25) is 0 Å². The van der Waals surface area contributed by atoms with Gasteiger partial charge in [-0.15, -0.1) is 0 Å². The molecule has 0 bridgehead atoms. The van der Waals surface area contributed by atoms with Crippen LogP contribution >= 0.6 is 11.3 Å². The molecule has 1 saturated heterocycles. The zero-order chi connectivity index (χ0) is 30.5. The summed E-state index contributed by atoms with van der Waals surface area (Å²) in [6.45, 7) is 7.61. The molecule has 218 valence electrons. The summed E-state index contributed by atoms with van der Waals surface area (Å²) in [6.07, 6.45) is 2.26. The summed E-state index contributed by atoms with van der Waals surface area (Å²) in [7, 11) is 0. The number of aliphatic hydroxyl groups is 1. The minimum Gasteiger partial charge on any atom is -0.507 e. The van der Waals surface area contributed by atoms with E-state index in [1.54, 1.807) is 31.2 Å². The largest absolute Gasteiger partial charge is 0.507 e. The summed E-state index contributed by atoms with van der Waals surface area (Å²) in [6, 6.07) is 22.9. The van der Waals surface area contributed by atoms with E-state index < -0.39 is 23.7 Å². The van der Waals surface area contributed by atoms with Crippen molar-refractivity contribution < 1.29 is 29.0 Å². The van der Waals surface area contributed by atoms with Crippen LogP contribution in [0.15, 0.2) is 97.1 Å². The van der Waals surface area contributed by atoms with Crippen molar-refractivity contribution in [1.29, 1.82) is 0 Å². The molecule has 1 atom stereocenters. The molecule has 2 heterocycles. The minimum absolute atomic E-state index is 0.0237. The Balaban J connectivity index is 1.53. The summed E-state index contributed by atoms with van der Waals surface area (Å²) in [5.41, 5.74) is 3.34. The molecule has 1 aromatic heterocycles. The highest BCUT2D eigenvalue weighted by Gasteiger charge is 2.48. The van der Waals surface area contributed by atoms with E-state index in [2.05, 4.69) is 11.6 Å². The normalized spacial score (nSPS) is 15.9. The van der Waals surface area contributed by atoms with Gasteiger partial charge in [-0.25, -0.2) is 9.78 Å². The number of aliphatic hydroxyl groups excluding tert-OH is 1. The number of rotatable bonds is 10. The number of carbonyl (C=O) groups excluding carboxylic acids is 3. The maximum absolute atomic E-state index is 13.5. The number of aryl methyl sites for hydroxylation is 2. The van der Waals surface area contributed by atoms with Gasteiger partial charge in [-0.3, -0.25) is 14.5 Å². The van der Waals surface area contributed by atoms with Crippen LogP contribution in [0.1, 0.15) is 50.6 Å². The summed E-state index contributed by atoms with van der Waals surface area (Å²) < 4.78 is 11.0. The van der Waals surface area contributed by atoms with Gasteiger partial charge in [0.25, 0.3) is 5.78 Å².